The van der Waals surface area contributed by atoms with Gasteiger partial charge in [0.25, 0.3) is 5.91 Å². The monoisotopic (exact) mass is 409 g/mol. The van der Waals surface area contributed by atoms with Crippen LogP contribution in [0.25, 0.3) is 0 Å². The van der Waals surface area contributed by atoms with Gasteiger partial charge >= 0.3 is 0 Å². The highest BCUT2D eigenvalue weighted by Gasteiger charge is 2.44. The number of likely N-dealkylation sites (tertiary alicyclic amines) is 1. The van der Waals surface area contributed by atoms with Crippen LogP contribution in [0.2, 0.25) is 0 Å². The first-order valence-corrected chi connectivity index (χ1v) is 10.8. The van der Waals surface area contributed by atoms with E-state index < -0.39 is 6.10 Å². The lowest BCUT2D eigenvalue weighted by atomic mass is 9.78. The number of hydrogen-bond donors (Lipinski definition) is 1. The number of rotatable bonds is 5. The van der Waals surface area contributed by atoms with E-state index in [4.69, 9.17) is 9.47 Å². The van der Waals surface area contributed by atoms with E-state index in [0.29, 0.717) is 48.6 Å². The minimum atomic E-state index is -0.516. The molecule has 2 aliphatic rings. The van der Waals surface area contributed by atoms with Crippen LogP contribution in [0.15, 0.2) is 48.5 Å². The topological polar surface area (TPSA) is 59.0 Å². The van der Waals surface area contributed by atoms with Crippen molar-refractivity contribution >= 4 is 5.91 Å². The molecule has 0 spiro atoms. The Labute approximate surface area is 178 Å². The predicted octanol–water partition coefficient (Wildman–Crippen LogP) is 4.11. The summed E-state index contributed by atoms with van der Waals surface area (Å²) in [5.41, 5.74) is 1.87. The van der Waals surface area contributed by atoms with Gasteiger partial charge in [0.05, 0.1) is 18.8 Å². The van der Waals surface area contributed by atoms with Gasteiger partial charge in [-0.1, -0.05) is 38.1 Å². The SMILES string of the molecule is COc1ccccc1C(=O)N1C[C@H]2C[C@@H](Oc3ccc(C(C)C)cc3)[C@H](O)C[C@H]2C1. The number of carbonyl (C=O) groups excluding carboxylic acids is 1. The number of para-hydroxylation sites is 1. The number of amides is 1. The van der Waals surface area contributed by atoms with Crippen molar-refractivity contribution in [2.75, 3.05) is 20.2 Å². The summed E-state index contributed by atoms with van der Waals surface area (Å²) in [6.45, 7) is 5.70. The number of nitrogens with zero attached hydrogens (tertiary/aromatic N) is 1. The van der Waals surface area contributed by atoms with Crippen molar-refractivity contribution in [1.82, 2.24) is 4.90 Å². The van der Waals surface area contributed by atoms with E-state index in [1.807, 2.05) is 41.3 Å². The first-order chi connectivity index (χ1) is 14.5. The minimum Gasteiger partial charge on any atom is -0.496 e. The molecule has 1 aliphatic heterocycles. The van der Waals surface area contributed by atoms with Gasteiger partial charge in [0.1, 0.15) is 17.6 Å². The molecule has 0 unspecified atom stereocenters. The Kier molecular flexibility index (Phi) is 6.00. The summed E-state index contributed by atoms with van der Waals surface area (Å²) in [4.78, 5) is 15.0. The number of hydrogen-bond acceptors (Lipinski definition) is 4. The van der Waals surface area contributed by atoms with Crippen LogP contribution in [0.3, 0.4) is 0 Å². The van der Waals surface area contributed by atoms with Crippen molar-refractivity contribution in [3.8, 4) is 11.5 Å². The van der Waals surface area contributed by atoms with Crippen LogP contribution in [0.5, 0.6) is 11.5 Å². The van der Waals surface area contributed by atoms with E-state index in [1.54, 1.807) is 7.11 Å². The van der Waals surface area contributed by atoms with E-state index in [0.717, 1.165) is 12.2 Å². The van der Waals surface area contributed by atoms with Crippen molar-refractivity contribution < 1.29 is 19.4 Å². The predicted molar refractivity (Wildman–Crippen MR) is 116 cm³/mol. The van der Waals surface area contributed by atoms with Crippen LogP contribution >= 0.6 is 0 Å². The molecule has 0 bridgehead atoms. The maximum atomic E-state index is 13.1. The smallest absolute Gasteiger partial charge is 0.257 e. The van der Waals surface area contributed by atoms with Gasteiger partial charge in [0.15, 0.2) is 0 Å². The normalized spacial score (nSPS) is 25.8. The van der Waals surface area contributed by atoms with Gasteiger partial charge in [-0.2, -0.15) is 0 Å². The third-order valence-corrected chi connectivity index (χ3v) is 6.54. The third-order valence-electron chi connectivity index (χ3n) is 6.54. The molecule has 5 heteroatoms. The summed E-state index contributed by atoms with van der Waals surface area (Å²) in [5.74, 6) is 2.52. The Bertz CT molecular complexity index is 879. The van der Waals surface area contributed by atoms with Crippen LogP contribution in [0, 0.1) is 11.8 Å². The highest BCUT2D eigenvalue weighted by atomic mass is 16.5. The largest absolute Gasteiger partial charge is 0.496 e. The van der Waals surface area contributed by atoms with E-state index in [9.17, 15) is 9.90 Å². The summed E-state index contributed by atoms with van der Waals surface area (Å²) >= 11 is 0. The number of carbonyl (C=O) groups is 1. The van der Waals surface area contributed by atoms with Crippen LogP contribution in [0.4, 0.5) is 0 Å². The average molecular weight is 410 g/mol. The standard InChI is InChI=1S/C25H31NO4/c1-16(2)17-8-10-20(11-9-17)30-24-13-19-15-26(14-18(19)12-22(24)27)25(28)21-6-4-5-7-23(21)29-3/h4-11,16,18-19,22,24,27H,12-15H2,1-3H3/t18-,19+,22+,24+/m0/s1. The van der Waals surface area contributed by atoms with Gasteiger partial charge in [-0.05, 0) is 60.4 Å². The van der Waals surface area contributed by atoms with Crippen molar-refractivity contribution in [3.63, 3.8) is 0 Å². The average Bonchev–Trinajstić information content (AvgIpc) is 3.16. The maximum absolute atomic E-state index is 13.1. The van der Waals surface area contributed by atoms with Crippen molar-refractivity contribution in [2.45, 2.75) is 44.8 Å². The second-order valence-corrected chi connectivity index (χ2v) is 8.85. The number of aliphatic hydroxyl groups is 1. The summed E-state index contributed by atoms with van der Waals surface area (Å²) in [5, 5.41) is 10.7. The number of benzene rings is 2. The zero-order valence-corrected chi connectivity index (χ0v) is 18.0. The Morgan fingerprint density at radius 1 is 1.03 bits per heavy atom. The number of methoxy groups -OCH3 is 1. The quantitative estimate of drug-likeness (QED) is 0.807. The van der Waals surface area contributed by atoms with Crippen LogP contribution in [-0.2, 0) is 0 Å². The third kappa shape index (κ3) is 4.17. The molecule has 4 atom stereocenters. The second kappa shape index (κ2) is 8.68. The van der Waals surface area contributed by atoms with Crippen molar-refractivity contribution in [2.24, 2.45) is 11.8 Å². The summed E-state index contributed by atoms with van der Waals surface area (Å²) in [6, 6.07) is 15.5. The number of ether oxygens (including phenoxy) is 2. The van der Waals surface area contributed by atoms with Crippen LogP contribution in [-0.4, -0.2) is 48.3 Å². The molecular formula is C25H31NO4. The summed E-state index contributed by atoms with van der Waals surface area (Å²) in [7, 11) is 1.59. The second-order valence-electron chi connectivity index (χ2n) is 8.85. The zero-order chi connectivity index (χ0) is 21.3. The van der Waals surface area contributed by atoms with E-state index in [2.05, 4.69) is 26.0 Å². The molecule has 2 aromatic carbocycles. The van der Waals surface area contributed by atoms with Gasteiger partial charge in [-0.25, -0.2) is 0 Å². The molecule has 0 aromatic heterocycles. The van der Waals surface area contributed by atoms with Gasteiger partial charge in [0.2, 0.25) is 0 Å². The summed E-state index contributed by atoms with van der Waals surface area (Å²) < 4.78 is 11.5. The van der Waals surface area contributed by atoms with Crippen LogP contribution < -0.4 is 9.47 Å². The molecule has 1 saturated carbocycles. The van der Waals surface area contributed by atoms with Gasteiger partial charge in [-0.15, -0.1) is 0 Å². The Morgan fingerprint density at radius 3 is 2.37 bits per heavy atom. The Morgan fingerprint density at radius 2 is 1.70 bits per heavy atom. The molecule has 4 rings (SSSR count). The highest BCUT2D eigenvalue weighted by Crippen LogP contribution is 2.39. The molecule has 2 aromatic rings. The lowest BCUT2D eigenvalue weighted by molar-refractivity contribution is -0.0231. The molecule has 5 nitrogen and oxygen atoms in total. The lowest BCUT2D eigenvalue weighted by Crippen LogP contribution is -2.42. The van der Waals surface area contributed by atoms with Gasteiger partial charge in [-0.3, -0.25) is 4.79 Å². The fourth-order valence-electron chi connectivity index (χ4n) is 4.78. The molecule has 1 saturated heterocycles. The number of aliphatic hydroxyl groups excluding tert-OH is 1. The zero-order valence-electron chi connectivity index (χ0n) is 18.0. The van der Waals surface area contributed by atoms with Gasteiger partial charge < -0.3 is 19.5 Å². The molecule has 1 aliphatic carbocycles. The highest BCUT2D eigenvalue weighted by molar-refractivity contribution is 5.97. The Balaban J connectivity index is 1.41. The van der Waals surface area contributed by atoms with E-state index in [1.165, 1.54) is 5.56 Å². The fraction of sp³-hybridized carbons (Fsp3) is 0.480. The molecule has 160 valence electrons. The molecule has 30 heavy (non-hydrogen) atoms. The lowest BCUT2D eigenvalue weighted by Gasteiger charge is -2.35. The van der Waals surface area contributed by atoms with E-state index in [-0.39, 0.29) is 12.0 Å². The number of fused-ring (bicyclic) bond motifs is 1. The first kappa shape index (κ1) is 20.7. The molecule has 2 fully saturated rings. The van der Waals surface area contributed by atoms with E-state index >= 15 is 0 Å². The first-order valence-electron chi connectivity index (χ1n) is 10.8. The minimum absolute atomic E-state index is 0.00178. The van der Waals surface area contributed by atoms with Gasteiger partial charge in [0, 0.05) is 13.1 Å². The maximum Gasteiger partial charge on any atom is 0.257 e. The molecule has 1 N–H and O–H groups in total. The van der Waals surface area contributed by atoms with Crippen molar-refractivity contribution in [1.29, 1.82) is 0 Å². The molecule has 1 amide bonds. The van der Waals surface area contributed by atoms with Crippen molar-refractivity contribution in [3.05, 3.63) is 59.7 Å². The molecular weight excluding hydrogens is 378 g/mol. The molecule has 1 heterocycles. The summed E-state index contributed by atoms with van der Waals surface area (Å²) in [6.07, 6.45) is 0.664. The fourth-order valence-corrected chi connectivity index (χ4v) is 4.78. The van der Waals surface area contributed by atoms with Crippen LogP contribution in [0.1, 0.15) is 48.5 Å². The Hall–Kier alpha value is -2.53. The molecule has 0 radical (unpaired) electrons.